The summed E-state index contributed by atoms with van der Waals surface area (Å²) in [7, 11) is 0. The van der Waals surface area contributed by atoms with E-state index in [1.54, 1.807) is 24.3 Å². The van der Waals surface area contributed by atoms with Crippen LogP contribution >= 0.6 is 11.6 Å². The number of carbonyl (C=O) groups excluding carboxylic acids is 5. The minimum absolute atomic E-state index is 0.0190. The summed E-state index contributed by atoms with van der Waals surface area (Å²) in [6.45, 7) is 5.19. The predicted octanol–water partition coefficient (Wildman–Crippen LogP) is 3.02. The fourth-order valence-corrected chi connectivity index (χ4v) is 4.60. The lowest BCUT2D eigenvalue weighted by Crippen LogP contribution is -2.44. The molecule has 0 aliphatic carbocycles. The number of ether oxygens (including phenoxy) is 2. The fourth-order valence-electron chi connectivity index (χ4n) is 4.42. The van der Waals surface area contributed by atoms with Gasteiger partial charge < -0.3 is 35.6 Å². The van der Waals surface area contributed by atoms with Gasteiger partial charge in [0.05, 0.1) is 0 Å². The number of urea groups is 1. The van der Waals surface area contributed by atoms with Gasteiger partial charge in [-0.1, -0.05) is 42.5 Å². The minimum Gasteiger partial charge on any atom is -0.460 e. The van der Waals surface area contributed by atoms with Crippen LogP contribution in [0, 0.1) is 6.92 Å². The lowest BCUT2D eigenvalue weighted by molar-refractivity contribution is -0.123. The van der Waals surface area contributed by atoms with Crippen LogP contribution in [0.1, 0.15) is 39.9 Å². The quantitative estimate of drug-likeness (QED) is 0.237. The van der Waals surface area contributed by atoms with Gasteiger partial charge in [-0.2, -0.15) is 4.99 Å². The Morgan fingerprint density at radius 1 is 1.14 bits per heavy atom. The van der Waals surface area contributed by atoms with Gasteiger partial charge >= 0.3 is 12.1 Å². The average molecular weight is 611 g/mol. The van der Waals surface area contributed by atoms with E-state index < -0.39 is 30.0 Å². The van der Waals surface area contributed by atoms with Gasteiger partial charge in [0, 0.05) is 35.8 Å². The monoisotopic (exact) mass is 610 g/mol. The lowest BCUT2D eigenvalue weighted by atomic mass is 10.1. The molecule has 2 aliphatic heterocycles. The molecule has 2 aromatic rings. The summed E-state index contributed by atoms with van der Waals surface area (Å²) in [5.74, 6) is -1.17. The Labute approximate surface area is 252 Å². The molecule has 226 valence electrons. The topological polar surface area (TPSA) is 168 Å². The lowest BCUT2D eigenvalue weighted by Gasteiger charge is -2.28. The van der Waals surface area contributed by atoms with Crippen molar-refractivity contribution in [2.75, 3.05) is 25.2 Å². The Morgan fingerprint density at radius 2 is 1.95 bits per heavy atom. The van der Waals surface area contributed by atoms with Crippen molar-refractivity contribution >= 4 is 53.0 Å². The molecular weight excluding hydrogens is 580 g/mol. The number of hydrogen-bond donors (Lipinski definition) is 4. The van der Waals surface area contributed by atoms with Crippen molar-refractivity contribution in [3.63, 3.8) is 0 Å². The van der Waals surface area contributed by atoms with Crippen LogP contribution in [0.2, 0.25) is 5.02 Å². The second-order valence-electron chi connectivity index (χ2n) is 9.72. The molecule has 2 heterocycles. The molecule has 0 saturated carbocycles. The molecule has 0 saturated heterocycles. The third-order valence-corrected chi connectivity index (χ3v) is 7.05. The number of amides is 6. The molecule has 2 aromatic carbocycles. The van der Waals surface area contributed by atoms with Crippen molar-refractivity contribution < 1.29 is 33.4 Å². The molecule has 0 spiro atoms. The summed E-state index contributed by atoms with van der Waals surface area (Å²) < 4.78 is 10.1. The van der Waals surface area contributed by atoms with Crippen LogP contribution in [0.15, 0.2) is 54.0 Å². The number of carbonyl (C=O) groups is 5. The number of halogens is 1. The molecule has 4 N–H and O–H groups in total. The van der Waals surface area contributed by atoms with Crippen molar-refractivity contribution in [2.24, 2.45) is 4.99 Å². The highest BCUT2D eigenvalue weighted by Crippen LogP contribution is 2.29. The third-order valence-electron chi connectivity index (χ3n) is 6.65. The summed E-state index contributed by atoms with van der Waals surface area (Å²) >= 11 is 6.11. The van der Waals surface area contributed by atoms with Gasteiger partial charge in [0.1, 0.15) is 19.2 Å². The van der Waals surface area contributed by atoms with Gasteiger partial charge in [0.15, 0.2) is 12.6 Å². The Morgan fingerprint density at radius 3 is 2.70 bits per heavy atom. The van der Waals surface area contributed by atoms with Crippen molar-refractivity contribution in [2.45, 2.75) is 38.9 Å². The van der Waals surface area contributed by atoms with Crippen LogP contribution in [-0.4, -0.2) is 66.6 Å². The second kappa shape index (κ2) is 14.3. The zero-order valence-corrected chi connectivity index (χ0v) is 24.2. The molecule has 0 radical (unpaired) electrons. The molecule has 2 aliphatic rings. The number of alkyl carbamates (subject to hydrolysis) is 1. The minimum atomic E-state index is -0.761. The molecule has 43 heavy (non-hydrogen) atoms. The van der Waals surface area contributed by atoms with E-state index in [1.165, 1.54) is 11.0 Å². The largest absolute Gasteiger partial charge is 0.460 e. The van der Waals surface area contributed by atoms with Crippen LogP contribution in [0.25, 0.3) is 0 Å². The number of aryl methyl sites for hydroxylation is 1. The SMILES string of the molecule is C=CCOC(=O)NCC(=O)NCOC1=NC(=O)C(N2Cc3cc(CNC(=O)Nc4ccc(C)c(Cl)c4)ccc3C2=O)CC1. The number of rotatable bonds is 10. The molecule has 1 unspecified atom stereocenters. The molecule has 13 nitrogen and oxygen atoms in total. The normalized spacial score (nSPS) is 15.6. The molecule has 0 aromatic heterocycles. The number of nitrogens with one attached hydrogen (secondary N) is 4. The number of anilines is 1. The molecular formula is C29H31ClN6O7. The molecule has 14 heteroatoms. The number of fused-ring (bicyclic) bond motifs is 1. The highest BCUT2D eigenvalue weighted by Gasteiger charge is 2.38. The predicted molar refractivity (Wildman–Crippen MR) is 157 cm³/mol. The molecule has 6 amide bonds. The summed E-state index contributed by atoms with van der Waals surface area (Å²) in [5, 5.41) is 10.8. The summed E-state index contributed by atoms with van der Waals surface area (Å²) in [5.41, 5.74) is 3.50. The zero-order chi connectivity index (χ0) is 30.9. The van der Waals surface area contributed by atoms with E-state index in [9.17, 15) is 24.0 Å². The smallest absolute Gasteiger partial charge is 0.407 e. The van der Waals surface area contributed by atoms with Crippen molar-refractivity contribution in [1.82, 2.24) is 20.9 Å². The van der Waals surface area contributed by atoms with Crippen LogP contribution in [0.4, 0.5) is 15.3 Å². The van der Waals surface area contributed by atoms with Crippen LogP contribution in [0.3, 0.4) is 0 Å². The summed E-state index contributed by atoms with van der Waals surface area (Å²) in [4.78, 5) is 66.9. The van der Waals surface area contributed by atoms with Crippen LogP contribution in [-0.2, 0) is 32.2 Å². The van der Waals surface area contributed by atoms with Gasteiger partial charge in [-0.3, -0.25) is 14.4 Å². The van der Waals surface area contributed by atoms with Gasteiger partial charge in [0.2, 0.25) is 5.91 Å². The van der Waals surface area contributed by atoms with Gasteiger partial charge in [-0.25, -0.2) is 9.59 Å². The number of aliphatic imine (C=N–C) groups is 1. The van der Waals surface area contributed by atoms with Crippen molar-refractivity contribution in [1.29, 1.82) is 0 Å². The maximum Gasteiger partial charge on any atom is 0.407 e. The Balaban J connectivity index is 1.24. The summed E-state index contributed by atoms with van der Waals surface area (Å²) in [6.07, 6.45) is 1.23. The maximum absolute atomic E-state index is 13.1. The zero-order valence-electron chi connectivity index (χ0n) is 23.4. The fraction of sp³-hybridized carbons (Fsp3) is 0.310. The average Bonchev–Trinajstić information content (AvgIpc) is 3.31. The van der Waals surface area contributed by atoms with Gasteiger partial charge in [0.25, 0.3) is 11.8 Å². The van der Waals surface area contributed by atoms with E-state index in [1.807, 2.05) is 19.1 Å². The third kappa shape index (κ3) is 8.32. The standard InChI is InChI=1S/C29H31ClN6O7/c1-3-10-42-29(41)32-14-24(37)33-16-43-25-9-8-23(26(38)35-25)36-15-19-11-18(5-7-21(19)27(36)39)13-31-28(40)34-20-6-4-17(2)22(30)12-20/h3-7,11-12,23H,1,8-10,13-16H2,2H3,(H,32,41)(H,33,37)(H2,31,34,40). The first-order chi connectivity index (χ1) is 20.6. The molecule has 0 bridgehead atoms. The Bertz CT molecular complexity index is 1480. The van der Waals surface area contributed by atoms with Crippen LogP contribution < -0.4 is 21.3 Å². The van der Waals surface area contributed by atoms with Gasteiger partial charge in [-0.15, -0.1) is 0 Å². The Kier molecular flexibility index (Phi) is 10.3. The second-order valence-corrected chi connectivity index (χ2v) is 10.1. The first-order valence-corrected chi connectivity index (χ1v) is 13.8. The van der Waals surface area contributed by atoms with Gasteiger partial charge in [-0.05, 0) is 48.2 Å². The highest BCUT2D eigenvalue weighted by atomic mass is 35.5. The van der Waals surface area contributed by atoms with Crippen LogP contribution in [0.5, 0.6) is 0 Å². The molecule has 0 fully saturated rings. The Hall–Kier alpha value is -4.91. The number of nitrogens with zero attached hydrogens (tertiary/aromatic N) is 2. The van der Waals surface area contributed by atoms with E-state index in [4.69, 9.17) is 21.1 Å². The first kappa shape index (κ1) is 31.0. The highest BCUT2D eigenvalue weighted by molar-refractivity contribution is 6.31. The van der Waals surface area contributed by atoms with E-state index in [0.717, 1.165) is 16.7 Å². The van der Waals surface area contributed by atoms with E-state index in [-0.39, 0.29) is 51.2 Å². The first-order valence-electron chi connectivity index (χ1n) is 13.4. The number of benzene rings is 2. The number of hydrogen-bond acceptors (Lipinski definition) is 7. The molecule has 1 atom stereocenters. The maximum atomic E-state index is 13.1. The molecule has 4 rings (SSSR count). The summed E-state index contributed by atoms with van der Waals surface area (Å²) in [6, 6.07) is 9.36. The van der Waals surface area contributed by atoms with E-state index >= 15 is 0 Å². The van der Waals surface area contributed by atoms with Crippen molar-refractivity contribution in [3.8, 4) is 0 Å². The van der Waals surface area contributed by atoms with Crippen molar-refractivity contribution in [3.05, 3.63) is 76.3 Å². The van der Waals surface area contributed by atoms with E-state index in [0.29, 0.717) is 22.7 Å². The van der Waals surface area contributed by atoms with E-state index in [2.05, 4.69) is 32.8 Å².